The van der Waals surface area contributed by atoms with Crippen LogP contribution in [0.3, 0.4) is 0 Å². The minimum Gasteiger partial charge on any atom is -0.335 e. The average molecular weight is 733 g/mol. The standard InChI is InChI=1S/C48H50BClN2S/c1-27-21-29(45(3,4)5)22-28(2)42(27)51-36-25-31(50)26-37-41(36)49(34-17-18-39-40(44(34)51)32-15-11-12-16-38(32)53-39)35-24-30(46(6,7)8)23-33-43(35)52(37)48(10)20-14-13-19-47(33,48)9/h11-12,15-18,21-26H,13-14,19-20H2,1-10H3. The van der Waals surface area contributed by atoms with Crippen molar-refractivity contribution in [1.82, 2.24) is 0 Å². The third-order valence-electron chi connectivity index (χ3n) is 13.9. The van der Waals surface area contributed by atoms with Crippen molar-refractivity contribution in [3.8, 4) is 0 Å². The Labute approximate surface area is 325 Å². The van der Waals surface area contributed by atoms with Crippen LogP contribution in [0.1, 0.15) is 109 Å². The molecule has 3 aliphatic heterocycles. The Morgan fingerprint density at radius 1 is 0.698 bits per heavy atom. The van der Waals surface area contributed by atoms with E-state index in [2.05, 4.69) is 152 Å². The normalized spacial score (nSPS) is 21.6. The van der Waals surface area contributed by atoms with Crippen molar-refractivity contribution in [2.45, 2.75) is 117 Å². The first-order valence-electron chi connectivity index (χ1n) is 19.7. The van der Waals surface area contributed by atoms with Gasteiger partial charge in [-0.1, -0.05) is 121 Å². The van der Waals surface area contributed by atoms with Crippen LogP contribution in [0.15, 0.2) is 72.8 Å². The lowest BCUT2D eigenvalue weighted by Gasteiger charge is -2.53. The molecule has 4 heterocycles. The van der Waals surface area contributed by atoms with Gasteiger partial charge in [-0.25, -0.2) is 0 Å². The molecule has 0 saturated heterocycles. The second kappa shape index (κ2) is 10.7. The first kappa shape index (κ1) is 33.8. The number of thiophene rings is 1. The highest BCUT2D eigenvalue weighted by molar-refractivity contribution is 7.26. The first-order valence-corrected chi connectivity index (χ1v) is 20.9. The Kier molecular flexibility index (Phi) is 6.85. The van der Waals surface area contributed by atoms with Crippen LogP contribution in [-0.2, 0) is 16.2 Å². The third-order valence-corrected chi connectivity index (χ3v) is 15.3. The molecule has 2 unspecified atom stereocenters. The van der Waals surface area contributed by atoms with Gasteiger partial charge in [0.15, 0.2) is 0 Å². The predicted molar refractivity (Wildman–Crippen MR) is 233 cm³/mol. The van der Waals surface area contributed by atoms with E-state index in [1.807, 2.05) is 11.3 Å². The lowest BCUT2D eigenvalue weighted by molar-refractivity contribution is 0.195. The van der Waals surface area contributed by atoms with Gasteiger partial charge in [0.05, 0.1) is 16.9 Å². The van der Waals surface area contributed by atoms with Gasteiger partial charge < -0.3 is 9.80 Å². The number of nitrogens with zero attached hydrogens (tertiary/aromatic N) is 2. The molecule has 0 bridgehead atoms. The second-order valence-electron chi connectivity index (χ2n) is 19.2. The van der Waals surface area contributed by atoms with Crippen LogP contribution < -0.4 is 26.2 Å². The first-order chi connectivity index (χ1) is 25.0. The highest BCUT2D eigenvalue weighted by atomic mass is 35.5. The lowest BCUT2D eigenvalue weighted by Crippen LogP contribution is -2.64. The van der Waals surface area contributed by atoms with Crippen molar-refractivity contribution >= 4 is 94.6 Å². The summed E-state index contributed by atoms with van der Waals surface area (Å²) in [5, 5.41) is 3.49. The predicted octanol–water partition coefficient (Wildman–Crippen LogP) is 12.3. The van der Waals surface area contributed by atoms with Gasteiger partial charge in [-0.05, 0) is 113 Å². The number of hydrogen-bond acceptors (Lipinski definition) is 3. The number of rotatable bonds is 1. The SMILES string of the molecule is Cc1cc(C(C)(C)C)cc(C)c1N1c2cc(Cl)cc3c2B(c2cc(C(C)(C)C)cc4c2N3C2(C)CCCCC42C)c2ccc3sc4ccccc4c3c21. The van der Waals surface area contributed by atoms with E-state index in [1.54, 1.807) is 5.56 Å². The van der Waals surface area contributed by atoms with Crippen LogP contribution in [0, 0.1) is 13.8 Å². The molecule has 0 N–H and O–H groups in total. The molecule has 0 radical (unpaired) electrons. The summed E-state index contributed by atoms with van der Waals surface area (Å²) in [6.07, 6.45) is 4.90. The maximum atomic E-state index is 7.42. The highest BCUT2D eigenvalue weighted by Crippen LogP contribution is 2.62. The van der Waals surface area contributed by atoms with E-state index in [0.29, 0.717) is 0 Å². The smallest absolute Gasteiger partial charge is 0.252 e. The minimum atomic E-state index is -0.0545. The zero-order valence-electron chi connectivity index (χ0n) is 33.0. The van der Waals surface area contributed by atoms with Crippen molar-refractivity contribution < 1.29 is 0 Å². The summed E-state index contributed by atoms with van der Waals surface area (Å²) in [7, 11) is 0. The molecule has 1 saturated carbocycles. The van der Waals surface area contributed by atoms with Gasteiger partial charge >= 0.3 is 0 Å². The van der Waals surface area contributed by atoms with E-state index in [0.717, 1.165) is 5.02 Å². The van der Waals surface area contributed by atoms with Crippen molar-refractivity contribution in [2.24, 2.45) is 0 Å². The minimum absolute atomic E-state index is 0.0174. The van der Waals surface area contributed by atoms with Crippen LogP contribution in [0.4, 0.5) is 28.4 Å². The number of anilines is 5. The Hall–Kier alpha value is -3.73. The monoisotopic (exact) mass is 732 g/mol. The van der Waals surface area contributed by atoms with Gasteiger partial charge in [-0.3, -0.25) is 0 Å². The maximum absolute atomic E-state index is 7.42. The van der Waals surface area contributed by atoms with E-state index in [-0.39, 0.29) is 28.5 Å². The van der Waals surface area contributed by atoms with Crippen LogP contribution >= 0.6 is 22.9 Å². The van der Waals surface area contributed by atoms with Gasteiger partial charge in [0.1, 0.15) is 0 Å². The summed E-state index contributed by atoms with van der Waals surface area (Å²) in [6, 6.07) is 28.6. The Morgan fingerprint density at radius 2 is 1.36 bits per heavy atom. The lowest BCUT2D eigenvalue weighted by atomic mass is 9.33. The van der Waals surface area contributed by atoms with Crippen LogP contribution in [0.5, 0.6) is 0 Å². The highest BCUT2D eigenvalue weighted by Gasteiger charge is 2.61. The zero-order chi connectivity index (χ0) is 37.1. The molecular weight excluding hydrogens is 683 g/mol. The largest absolute Gasteiger partial charge is 0.335 e. The molecule has 2 atom stereocenters. The Balaban J connectivity index is 1.39. The van der Waals surface area contributed by atoms with Crippen molar-refractivity contribution in [3.63, 3.8) is 0 Å². The summed E-state index contributed by atoms with van der Waals surface area (Å²) < 4.78 is 2.67. The number of aryl methyl sites for hydroxylation is 2. The quantitative estimate of drug-likeness (QED) is 0.155. The summed E-state index contributed by atoms with van der Waals surface area (Å²) in [4.78, 5) is 5.45. The molecule has 0 spiro atoms. The number of hydrogen-bond donors (Lipinski definition) is 0. The van der Waals surface area contributed by atoms with Gasteiger partial charge in [-0.2, -0.15) is 0 Å². The van der Waals surface area contributed by atoms with Crippen molar-refractivity contribution in [2.75, 3.05) is 9.80 Å². The number of fused-ring (bicyclic) bond motifs is 11. The fourth-order valence-corrected chi connectivity index (χ4v) is 12.3. The van der Waals surface area contributed by atoms with Crippen molar-refractivity contribution in [3.05, 3.63) is 106 Å². The summed E-state index contributed by atoms with van der Waals surface area (Å²) in [6.45, 7) is 24.0. The van der Waals surface area contributed by atoms with Gasteiger partial charge in [0, 0.05) is 47.7 Å². The van der Waals surface area contributed by atoms with E-state index >= 15 is 0 Å². The molecule has 4 aliphatic rings. The van der Waals surface area contributed by atoms with Crippen LogP contribution in [-0.4, -0.2) is 12.3 Å². The Bertz CT molecular complexity index is 2560. The fourth-order valence-electron chi connectivity index (χ4n) is 11.0. The molecule has 1 aliphatic carbocycles. The molecule has 53 heavy (non-hydrogen) atoms. The third kappa shape index (κ3) is 4.34. The molecule has 268 valence electrons. The van der Waals surface area contributed by atoms with Crippen LogP contribution in [0.25, 0.3) is 20.2 Å². The molecule has 5 heteroatoms. The molecular formula is C48H50BClN2S. The van der Waals surface area contributed by atoms with Gasteiger partial charge in [0.25, 0.3) is 6.71 Å². The van der Waals surface area contributed by atoms with E-state index in [9.17, 15) is 0 Å². The van der Waals surface area contributed by atoms with E-state index in [1.165, 1.54) is 113 Å². The average Bonchev–Trinajstić information content (AvgIpc) is 3.57. The summed E-state index contributed by atoms with van der Waals surface area (Å²) in [5.74, 6) is 0. The second-order valence-corrected chi connectivity index (χ2v) is 20.7. The molecule has 10 rings (SSSR count). The molecule has 5 aromatic carbocycles. The van der Waals surface area contributed by atoms with Gasteiger partial charge in [0.2, 0.25) is 0 Å². The molecule has 1 fully saturated rings. The van der Waals surface area contributed by atoms with Crippen molar-refractivity contribution in [1.29, 1.82) is 0 Å². The summed E-state index contributed by atoms with van der Waals surface area (Å²) in [5.41, 5.74) is 17.8. The molecule has 6 aromatic rings. The molecule has 1 aromatic heterocycles. The maximum Gasteiger partial charge on any atom is 0.252 e. The zero-order valence-corrected chi connectivity index (χ0v) is 34.6. The van der Waals surface area contributed by atoms with Gasteiger partial charge in [-0.15, -0.1) is 11.3 Å². The topological polar surface area (TPSA) is 6.48 Å². The number of benzene rings is 5. The Morgan fingerprint density at radius 3 is 2.08 bits per heavy atom. The van der Waals surface area contributed by atoms with E-state index in [4.69, 9.17) is 11.6 Å². The number of halogens is 1. The summed E-state index contributed by atoms with van der Waals surface area (Å²) >= 11 is 9.34. The van der Waals surface area contributed by atoms with Crippen LogP contribution in [0.2, 0.25) is 5.02 Å². The fraction of sp³-hybridized carbons (Fsp3) is 0.375. The molecule has 0 amide bonds. The van der Waals surface area contributed by atoms with E-state index < -0.39 is 0 Å². The molecule has 2 nitrogen and oxygen atoms in total.